The number of pyridine rings is 1. The predicted octanol–water partition coefficient (Wildman–Crippen LogP) is 3.14. The first kappa shape index (κ1) is 13.4. The van der Waals surface area contributed by atoms with Crippen molar-refractivity contribution >= 4 is 39.1 Å². The Morgan fingerprint density at radius 1 is 1.45 bits per heavy atom. The van der Waals surface area contributed by atoms with Crippen LogP contribution < -0.4 is 4.34 Å². The lowest BCUT2D eigenvalue weighted by Crippen LogP contribution is -2.14. The number of ether oxygens (including phenoxy) is 1. The minimum Gasteiger partial charge on any atom is -0.477 e. The van der Waals surface area contributed by atoms with E-state index in [1.165, 1.54) is 0 Å². The lowest BCUT2D eigenvalue weighted by atomic mass is 9.93. The molecule has 0 unspecified atom stereocenters. The summed E-state index contributed by atoms with van der Waals surface area (Å²) in [5.74, 6) is -0.527. The van der Waals surface area contributed by atoms with Crippen LogP contribution in [-0.2, 0) is 4.74 Å². The number of fused-ring (bicyclic) bond motifs is 1. The van der Waals surface area contributed by atoms with Crippen molar-refractivity contribution in [1.82, 2.24) is 4.98 Å². The van der Waals surface area contributed by atoms with Gasteiger partial charge in [0.15, 0.2) is 5.58 Å². The number of carbonyl (C=O) groups is 1. The number of carboxylic acids is 1. The second kappa shape index (κ2) is 5.41. The van der Waals surface area contributed by atoms with Gasteiger partial charge in [0, 0.05) is 35.6 Å². The number of aromatic nitrogens is 1. The Hall–Kier alpha value is -1.60. The highest BCUT2D eigenvalue weighted by atomic mass is 79.9. The maximum absolute atomic E-state index is 11.3. The van der Waals surface area contributed by atoms with E-state index in [2.05, 4.69) is 25.5 Å². The molecule has 0 atom stereocenters. The van der Waals surface area contributed by atoms with Crippen LogP contribution in [0.15, 0.2) is 16.7 Å². The molecule has 0 aliphatic carbocycles. The van der Waals surface area contributed by atoms with Crippen LogP contribution in [-0.4, -0.2) is 29.3 Å². The molecular formula is C13H13BrN2O4. The van der Waals surface area contributed by atoms with E-state index in [1.54, 1.807) is 6.20 Å². The molecule has 106 valence electrons. The molecule has 3 rings (SSSR count). The van der Waals surface area contributed by atoms with E-state index >= 15 is 0 Å². The lowest BCUT2D eigenvalue weighted by molar-refractivity contribution is 0.0699. The van der Waals surface area contributed by atoms with Crippen LogP contribution in [0.4, 0.5) is 5.88 Å². The average molecular weight is 341 g/mol. The molecule has 0 bridgehead atoms. The summed E-state index contributed by atoms with van der Waals surface area (Å²) in [5, 5.41) is 9.22. The second-order valence-electron chi connectivity index (χ2n) is 4.71. The smallest absolute Gasteiger partial charge is 0.343 e. The van der Waals surface area contributed by atoms with Crippen LogP contribution >= 0.6 is 16.1 Å². The van der Waals surface area contributed by atoms with Crippen molar-refractivity contribution < 1.29 is 19.1 Å². The average Bonchev–Trinajstić information content (AvgIpc) is 2.85. The summed E-state index contributed by atoms with van der Waals surface area (Å²) in [5.41, 5.74) is 1.94. The Morgan fingerprint density at radius 2 is 2.20 bits per heavy atom. The summed E-state index contributed by atoms with van der Waals surface area (Å²) in [6.07, 6.45) is 3.63. The van der Waals surface area contributed by atoms with E-state index in [0.717, 1.165) is 31.6 Å². The fourth-order valence-electron chi connectivity index (χ4n) is 2.51. The van der Waals surface area contributed by atoms with Crippen molar-refractivity contribution in [3.8, 4) is 0 Å². The fourth-order valence-corrected chi connectivity index (χ4v) is 2.79. The van der Waals surface area contributed by atoms with E-state index in [0.29, 0.717) is 17.0 Å². The fraction of sp³-hybridized carbons (Fsp3) is 0.385. The highest BCUT2D eigenvalue weighted by Crippen LogP contribution is 2.33. The molecule has 2 N–H and O–H groups in total. The van der Waals surface area contributed by atoms with Gasteiger partial charge in [0.25, 0.3) is 0 Å². The van der Waals surface area contributed by atoms with Crippen LogP contribution in [0.5, 0.6) is 0 Å². The monoisotopic (exact) mass is 340 g/mol. The molecule has 2 aromatic heterocycles. The van der Waals surface area contributed by atoms with E-state index in [1.807, 2.05) is 6.07 Å². The van der Waals surface area contributed by atoms with Gasteiger partial charge in [-0.2, -0.15) is 0 Å². The molecule has 20 heavy (non-hydrogen) atoms. The van der Waals surface area contributed by atoms with Crippen LogP contribution in [0.25, 0.3) is 11.1 Å². The first-order valence-electron chi connectivity index (χ1n) is 6.31. The molecule has 0 radical (unpaired) electrons. The van der Waals surface area contributed by atoms with Crippen molar-refractivity contribution in [2.45, 2.75) is 18.8 Å². The number of rotatable bonds is 3. The first-order chi connectivity index (χ1) is 9.70. The number of anilines is 1. The maximum atomic E-state index is 11.3. The standard InChI is InChI=1S/C13H13BrN2O4/c14-16-12-10(13(17)18)11-9(20-12)5-8(6-15-11)7-1-3-19-4-2-7/h5-7,16H,1-4H2,(H,17,18). The van der Waals surface area contributed by atoms with Crippen LogP contribution in [0.3, 0.4) is 0 Å². The van der Waals surface area contributed by atoms with E-state index in [4.69, 9.17) is 9.15 Å². The summed E-state index contributed by atoms with van der Waals surface area (Å²) in [6.45, 7) is 1.49. The molecule has 2 aromatic rings. The van der Waals surface area contributed by atoms with Gasteiger partial charge in [0.1, 0.15) is 11.1 Å². The highest BCUT2D eigenvalue weighted by molar-refractivity contribution is 9.10. The Morgan fingerprint density at radius 3 is 2.85 bits per heavy atom. The minimum absolute atomic E-state index is 0.0374. The van der Waals surface area contributed by atoms with E-state index in [9.17, 15) is 9.90 Å². The van der Waals surface area contributed by atoms with Gasteiger partial charge >= 0.3 is 5.97 Å². The molecule has 1 aliphatic rings. The number of nitrogens with zero attached hydrogens (tertiary/aromatic N) is 1. The molecular weight excluding hydrogens is 328 g/mol. The normalized spacial score (nSPS) is 16.4. The topological polar surface area (TPSA) is 84.6 Å². The minimum atomic E-state index is -1.07. The summed E-state index contributed by atoms with van der Waals surface area (Å²) in [7, 11) is 0. The molecule has 0 spiro atoms. The van der Waals surface area contributed by atoms with Gasteiger partial charge in [0.05, 0.1) is 0 Å². The Labute approximate surface area is 123 Å². The Balaban J connectivity index is 2.05. The number of hydrogen-bond acceptors (Lipinski definition) is 5. The first-order valence-corrected chi connectivity index (χ1v) is 7.10. The second-order valence-corrected chi connectivity index (χ2v) is 5.10. The van der Waals surface area contributed by atoms with Gasteiger partial charge in [0.2, 0.25) is 5.88 Å². The van der Waals surface area contributed by atoms with Gasteiger partial charge in [-0.3, -0.25) is 9.33 Å². The van der Waals surface area contributed by atoms with Gasteiger partial charge < -0.3 is 14.3 Å². The number of hydrogen-bond donors (Lipinski definition) is 2. The molecule has 3 heterocycles. The van der Waals surface area contributed by atoms with Crippen LogP contribution in [0.1, 0.15) is 34.7 Å². The third-order valence-electron chi connectivity index (χ3n) is 3.54. The maximum Gasteiger partial charge on any atom is 0.343 e. The third-order valence-corrected chi connectivity index (χ3v) is 3.90. The van der Waals surface area contributed by atoms with Crippen molar-refractivity contribution in [3.05, 3.63) is 23.4 Å². The molecule has 1 fully saturated rings. The number of carboxylic acid groups (broad SMARTS) is 1. The Bertz CT molecular complexity index is 649. The molecule has 0 amide bonds. The summed E-state index contributed by atoms with van der Waals surface area (Å²) < 4.78 is 13.4. The Kier molecular flexibility index (Phi) is 3.62. The van der Waals surface area contributed by atoms with Crippen molar-refractivity contribution in [2.75, 3.05) is 17.6 Å². The van der Waals surface area contributed by atoms with Gasteiger partial charge in [-0.05, 0) is 30.4 Å². The zero-order valence-corrected chi connectivity index (χ0v) is 12.1. The van der Waals surface area contributed by atoms with Crippen LogP contribution in [0.2, 0.25) is 0 Å². The summed E-state index contributed by atoms with van der Waals surface area (Å²) in [4.78, 5) is 15.5. The number of halogens is 1. The molecule has 7 heteroatoms. The molecule has 1 saturated heterocycles. The van der Waals surface area contributed by atoms with Gasteiger partial charge in [-0.15, -0.1) is 0 Å². The van der Waals surface area contributed by atoms with E-state index < -0.39 is 5.97 Å². The molecule has 6 nitrogen and oxygen atoms in total. The molecule has 0 saturated carbocycles. The largest absolute Gasteiger partial charge is 0.477 e. The predicted molar refractivity (Wildman–Crippen MR) is 76.3 cm³/mol. The van der Waals surface area contributed by atoms with Gasteiger partial charge in [-0.1, -0.05) is 0 Å². The SMILES string of the molecule is O=C(O)c1c(NBr)oc2cc(C3CCOCC3)cnc12. The number of aromatic carboxylic acids is 1. The summed E-state index contributed by atoms with van der Waals surface area (Å²) in [6, 6.07) is 1.87. The number of nitrogens with one attached hydrogen (secondary N) is 1. The van der Waals surface area contributed by atoms with E-state index in [-0.39, 0.29) is 11.4 Å². The van der Waals surface area contributed by atoms with Crippen molar-refractivity contribution in [3.63, 3.8) is 0 Å². The molecule has 1 aliphatic heterocycles. The van der Waals surface area contributed by atoms with Crippen LogP contribution in [0, 0.1) is 0 Å². The number of furan rings is 1. The quantitative estimate of drug-likeness (QED) is 0.835. The van der Waals surface area contributed by atoms with Crippen molar-refractivity contribution in [2.24, 2.45) is 0 Å². The highest BCUT2D eigenvalue weighted by Gasteiger charge is 2.23. The molecule has 0 aromatic carbocycles. The summed E-state index contributed by atoms with van der Waals surface area (Å²) >= 11 is 3.00. The zero-order valence-electron chi connectivity index (χ0n) is 10.6. The zero-order chi connectivity index (χ0) is 14.1. The van der Waals surface area contributed by atoms with Crippen molar-refractivity contribution in [1.29, 1.82) is 0 Å². The lowest BCUT2D eigenvalue weighted by Gasteiger charge is -2.21. The third kappa shape index (κ3) is 2.27. The van der Waals surface area contributed by atoms with Gasteiger partial charge in [-0.25, -0.2) is 4.79 Å².